The number of rotatable bonds is 4. The number of aromatic amines is 1. The van der Waals surface area contributed by atoms with Gasteiger partial charge in [-0.2, -0.15) is 5.10 Å². The lowest BCUT2D eigenvalue weighted by molar-refractivity contribution is -0.137. The molecule has 0 spiro atoms. The van der Waals surface area contributed by atoms with Crippen LogP contribution in [0, 0.1) is 0 Å². The first-order valence-corrected chi connectivity index (χ1v) is 9.09. The molecule has 0 saturated carbocycles. The Labute approximate surface area is 165 Å². The van der Waals surface area contributed by atoms with Gasteiger partial charge in [-0.1, -0.05) is 17.7 Å². The fourth-order valence-electron chi connectivity index (χ4n) is 3.00. The summed E-state index contributed by atoms with van der Waals surface area (Å²) in [6.07, 6.45) is 4.87. The number of benzene rings is 2. The number of hydrogen-bond acceptors (Lipinski definition) is 4. The molecule has 0 radical (unpaired) electrons. The zero-order valence-electron chi connectivity index (χ0n) is 15.0. The number of H-pyrrole nitrogens is 1. The molecule has 2 aromatic carbocycles. The van der Waals surface area contributed by atoms with Gasteiger partial charge in [-0.25, -0.2) is 9.48 Å². The lowest BCUT2D eigenvalue weighted by Crippen LogP contribution is -2.07. The van der Waals surface area contributed by atoms with E-state index in [1.807, 2.05) is 30.5 Å². The number of fused-ring (bicyclic) bond motifs is 3. The molecule has 2 aromatic heterocycles. The van der Waals surface area contributed by atoms with E-state index < -0.39 is 5.97 Å². The molecular formula is C21H16ClN3O3. The third-order valence-electron chi connectivity index (χ3n) is 4.30. The molecule has 7 heteroatoms. The summed E-state index contributed by atoms with van der Waals surface area (Å²) in [7, 11) is 0. The van der Waals surface area contributed by atoms with Gasteiger partial charge in [-0.3, -0.25) is 4.79 Å². The number of ether oxygens (including phenoxy) is 1. The van der Waals surface area contributed by atoms with Gasteiger partial charge in [-0.05, 0) is 55.0 Å². The van der Waals surface area contributed by atoms with Crippen molar-refractivity contribution in [3.05, 3.63) is 75.7 Å². The highest BCUT2D eigenvalue weighted by atomic mass is 35.5. The molecule has 0 atom stereocenters. The van der Waals surface area contributed by atoms with Crippen molar-refractivity contribution in [1.29, 1.82) is 0 Å². The maximum atomic E-state index is 12.4. The summed E-state index contributed by atoms with van der Waals surface area (Å²) in [4.78, 5) is 26.8. The minimum Gasteiger partial charge on any atom is -0.463 e. The first-order valence-electron chi connectivity index (χ1n) is 8.71. The molecular weight excluding hydrogens is 378 g/mol. The van der Waals surface area contributed by atoms with E-state index in [2.05, 4.69) is 10.1 Å². The van der Waals surface area contributed by atoms with E-state index in [-0.39, 0.29) is 5.56 Å². The van der Waals surface area contributed by atoms with Crippen LogP contribution in [0.2, 0.25) is 5.02 Å². The molecule has 4 aromatic rings. The number of nitrogens with one attached hydrogen (secondary N) is 1. The molecule has 1 N–H and O–H groups in total. The number of carbonyl (C=O) groups excluding carboxylic acids is 1. The number of hydrogen-bond donors (Lipinski definition) is 1. The average Bonchev–Trinajstić information content (AvgIpc) is 3.14. The predicted octanol–water partition coefficient (Wildman–Crippen LogP) is 4.10. The Morgan fingerprint density at radius 1 is 1.21 bits per heavy atom. The Balaban J connectivity index is 1.84. The predicted molar refractivity (Wildman–Crippen MR) is 110 cm³/mol. The van der Waals surface area contributed by atoms with Crippen molar-refractivity contribution < 1.29 is 9.53 Å². The maximum absolute atomic E-state index is 12.4. The van der Waals surface area contributed by atoms with Crippen molar-refractivity contribution in [3.63, 3.8) is 0 Å². The molecule has 0 amide bonds. The largest absolute Gasteiger partial charge is 0.463 e. The van der Waals surface area contributed by atoms with Gasteiger partial charge in [0.15, 0.2) is 5.52 Å². The first kappa shape index (κ1) is 18.0. The van der Waals surface area contributed by atoms with Crippen LogP contribution >= 0.6 is 11.6 Å². The van der Waals surface area contributed by atoms with Crippen molar-refractivity contribution in [1.82, 2.24) is 14.8 Å². The Morgan fingerprint density at radius 2 is 2.00 bits per heavy atom. The second-order valence-electron chi connectivity index (χ2n) is 6.16. The van der Waals surface area contributed by atoms with Crippen molar-refractivity contribution in [2.75, 3.05) is 6.61 Å². The number of esters is 1. The van der Waals surface area contributed by atoms with E-state index >= 15 is 0 Å². The fraction of sp³-hybridized carbons (Fsp3) is 0.0952. The van der Waals surface area contributed by atoms with Crippen LogP contribution in [0.15, 0.2) is 59.5 Å². The van der Waals surface area contributed by atoms with Gasteiger partial charge >= 0.3 is 5.97 Å². The number of aromatic nitrogens is 3. The SMILES string of the molecule is CCOC(=O)/C=C/c1ccc2[nH]c(=O)c3nn(-c4ccc(Cl)cc4)cc3c2c1. The van der Waals surface area contributed by atoms with Gasteiger partial charge in [0.1, 0.15) is 0 Å². The van der Waals surface area contributed by atoms with Gasteiger partial charge in [-0.15, -0.1) is 0 Å². The van der Waals surface area contributed by atoms with E-state index in [1.165, 1.54) is 6.08 Å². The molecule has 6 nitrogen and oxygen atoms in total. The highest BCUT2D eigenvalue weighted by molar-refractivity contribution is 6.30. The summed E-state index contributed by atoms with van der Waals surface area (Å²) in [5, 5.41) is 6.61. The second-order valence-corrected chi connectivity index (χ2v) is 6.59. The molecule has 0 saturated heterocycles. The van der Waals surface area contributed by atoms with Gasteiger partial charge in [0.2, 0.25) is 0 Å². The molecule has 0 fully saturated rings. The molecule has 0 aliphatic heterocycles. The lowest BCUT2D eigenvalue weighted by atomic mass is 10.1. The quantitative estimate of drug-likeness (QED) is 0.418. The van der Waals surface area contributed by atoms with Crippen LogP contribution in [-0.2, 0) is 9.53 Å². The zero-order valence-corrected chi connectivity index (χ0v) is 15.7. The topological polar surface area (TPSA) is 77.0 Å². The highest BCUT2D eigenvalue weighted by Gasteiger charge is 2.11. The van der Waals surface area contributed by atoms with Crippen LogP contribution in [0.3, 0.4) is 0 Å². The minimum absolute atomic E-state index is 0.259. The number of nitrogens with zero attached hydrogens (tertiary/aromatic N) is 2. The van der Waals surface area contributed by atoms with Crippen LogP contribution in [0.5, 0.6) is 0 Å². The summed E-state index contributed by atoms with van der Waals surface area (Å²) in [5.74, 6) is -0.398. The van der Waals surface area contributed by atoms with Gasteiger partial charge in [0.05, 0.1) is 12.3 Å². The van der Waals surface area contributed by atoms with Crippen molar-refractivity contribution in [3.8, 4) is 5.69 Å². The summed E-state index contributed by atoms with van der Waals surface area (Å²) in [5.41, 5.74) is 2.39. The smallest absolute Gasteiger partial charge is 0.330 e. The average molecular weight is 394 g/mol. The van der Waals surface area contributed by atoms with E-state index in [1.54, 1.807) is 35.9 Å². The van der Waals surface area contributed by atoms with Crippen LogP contribution in [-0.4, -0.2) is 27.3 Å². The van der Waals surface area contributed by atoms with E-state index in [9.17, 15) is 9.59 Å². The van der Waals surface area contributed by atoms with E-state index in [4.69, 9.17) is 16.3 Å². The number of carbonyl (C=O) groups is 1. The van der Waals surface area contributed by atoms with Crippen LogP contribution in [0.25, 0.3) is 33.6 Å². The summed E-state index contributed by atoms with van der Waals surface area (Å²) in [6, 6.07) is 12.7. The van der Waals surface area contributed by atoms with E-state index in [0.29, 0.717) is 22.7 Å². The maximum Gasteiger partial charge on any atom is 0.330 e. The molecule has 4 rings (SSSR count). The Bertz CT molecular complexity index is 1270. The summed E-state index contributed by atoms with van der Waals surface area (Å²) in [6.45, 7) is 2.08. The monoisotopic (exact) mass is 393 g/mol. The van der Waals surface area contributed by atoms with Crippen LogP contribution in [0.4, 0.5) is 0 Å². The normalized spacial score (nSPS) is 11.5. The molecule has 140 valence electrons. The fourth-order valence-corrected chi connectivity index (χ4v) is 3.12. The first-order chi connectivity index (χ1) is 13.5. The Hall–Kier alpha value is -3.38. The molecule has 0 unspecified atom stereocenters. The number of halogens is 1. The second kappa shape index (κ2) is 7.32. The third kappa shape index (κ3) is 3.42. The van der Waals surface area contributed by atoms with Crippen molar-refractivity contribution in [2.45, 2.75) is 6.92 Å². The third-order valence-corrected chi connectivity index (χ3v) is 4.55. The molecule has 2 heterocycles. The molecule has 0 aliphatic carbocycles. The Kier molecular flexibility index (Phi) is 4.71. The van der Waals surface area contributed by atoms with Crippen LogP contribution < -0.4 is 5.56 Å². The summed E-state index contributed by atoms with van der Waals surface area (Å²) < 4.78 is 6.55. The molecule has 0 bridgehead atoms. The zero-order chi connectivity index (χ0) is 19.7. The highest BCUT2D eigenvalue weighted by Crippen LogP contribution is 2.24. The van der Waals surface area contributed by atoms with Crippen molar-refractivity contribution >= 4 is 45.5 Å². The van der Waals surface area contributed by atoms with Crippen molar-refractivity contribution in [2.24, 2.45) is 0 Å². The molecule has 28 heavy (non-hydrogen) atoms. The minimum atomic E-state index is -0.398. The molecule has 0 aliphatic rings. The van der Waals surface area contributed by atoms with E-state index in [0.717, 1.165) is 22.0 Å². The standard InChI is InChI=1S/C21H16ClN3O3/c1-2-28-19(26)10-4-13-3-9-18-16(11-13)17-12-25(24-20(17)21(27)23-18)15-7-5-14(22)6-8-15/h3-12H,2H2,1H3,(H,23,27)/b10-4+. The number of pyridine rings is 1. The Morgan fingerprint density at radius 3 is 2.75 bits per heavy atom. The lowest BCUT2D eigenvalue weighted by Gasteiger charge is -2.01. The van der Waals surface area contributed by atoms with Gasteiger partial charge in [0.25, 0.3) is 5.56 Å². The van der Waals surface area contributed by atoms with Crippen LogP contribution in [0.1, 0.15) is 12.5 Å². The summed E-state index contributed by atoms with van der Waals surface area (Å²) >= 11 is 5.95. The van der Waals surface area contributed by atoms with Gasteiger partial charge < -0.3 is 9.72 Å². The van der Waals surface area contributed by atoms with Gasteiger partial charge in [0, 0.05) is 33.6 Å².